The van der Waals surface area contributed by atoms with Gasteiger partial charge in [-0.1, -0.05) is 90.2 Å². The Bertz CT molecular complexity index is 1530. The highest BCUT2D eigenvalue weighted by atomic mass is 127. The monoisotopic (exact) mass is 643 g/mol. The van der Waals surface area contributed by atoms with E-state index in [4.69, 9.17) is 33.3 Å². The Balaban J connectivity index is 1.43. The summed E-state index contributed by atoms with van der Waals surface area (Å²) < 4.78 is 13.0. The summed E-state index contributed by atoms with van der Waals surface area (Å²) in [6.45, 7) is 0.315. The molecule has 0 atom stereocenters. The van der Waals surface area contributed by atoms with Gasteiger partial charge in [0.15, 0.2) is 15.8 Å². The van der Waals surface area contributed by atoms with E-state index in [-0.39, 0.29) is 5.91 Å². The van der Waals surface area contributed by atoms with E-state index in [1.54, 1.807) is 12.0 Å². The molecule has 1 saturated heterocycles. The molecule has 36 heavy (non-hydrogen) atoms. The number of ether oxygens (including phenoxy) is 2. The number of anilines is 1. The number of carbonyl (C=O) groups is 1. The zero-order valence-corrected chi connectivity index (χ0v) is 23.6. The molecule has 4 nitrogen and oxygen atoms in total. The lowest BCUT2D eigenvalue weighted by atomic mass is 10.1. The summed E-state index contributed by atoms with van der Waals surface area (Å²) in [6, 6.07) is 25.2. The molecule has 1 aliphatic rings. The summed E-state index contributed by atoms with van der Waals surface area (Å²) in [4.78, 5) is 15.6. The molecule has 1 amide bonds. The Morgan fingerprint density at radius 2 is 1.81 bits per heavy atom. The van der Waals surface area contributed by atoms with Crippen LogP contribution >= 0.6 is 58.2 Å². The highest BCUT2D eigenvalue weighted by molar-refractivity contribution is 14.1. The first-order valence-electron chi connectivity index (χ1n) is 11.0. The van der Waals surface area contributed by atoms with Crippen LogP contribution in [0.15, 0.2) is 83.8 Å². The minimum Gasteiger partial charge on any atom is -0.493 e. The van der Waals surface area contributed by atoms with Crippen LogP contribution in [0, 0.1) is 3.57 Å². The number of nitrogens with zero attached hydrogens (tertiary/aromatic N) is 1. The molecule has 1 heterocycles. The second-order valence-electron chi connectivity index (χ2n) is 7.93. The Morgan fingerprint density at radius 1 is 1.06 bits per heavy atom. The second kappa shape index (κ2) is 10.8. The number of carbonyl (C=O) groups excluding carboxylic acids is 1. The molecule has 5 rings (SSSR count). The third-order valence-electron chi connectivity index (χ3n) is 5.68. The quantitative estimate of drug-likeness (QED) is 0.121. The smallest absolute Gasteiger partial charge is 0.270 e. The number of amides is 1. The van der Waals surface area contributed by atoms with Crippen molar-refractivity contribution >= 4 is 90.9 Å². The maximum atomic E-state index is 13.4. The average Bonchev–Trinajstić information content (AvgIpc) is 3.15. The number of hydrogen-bond donors (Lipinski definition) is 0. The van der Waals surface area contributed by atoms with Crippen LogP contribution in [-0.2, 0) is 11.4 Å². The largest absolute Gasteiger partial charge is 0.493 e. The van der Waals surface area contributed by atoms with E-state index in [1.807, 2.05) is 84.9 Å². The van der Waals surface area contributed by atoms with Crippen LogP contribution in [0.5, 0.6) is 11.5 Å². The Hall–Kier alpha value is -2.59. The number of thioether (sulfide) groups is 1. The van der Waals surface area contributed by atoms with Crippen molar-refractivity contribution in [1.82, 2.24) is 0 Å². The predicted octanol–water partition coefficient (Wildman–Crippen LogP) is 8.09. The lowest BCUT2D eigenvalue weighted by Gasteiger charge is -2.17. The van der Waals surface area contributed by atoms with Gasteiger partial charge in [0.1, 0.15) is 6.61 Å². The van der Waals surface area contributed by atoms with Gasteiger partial charge in [0.25, 0.3) is 5.91 Å². The van der Waals surface area contributed by atoms with Crippen LogP contribution < -0.4 is 14.4 Å². The summed E-state index contributed by atoms with van der Waals surface area (Å²) in [7, 11) is 1.59. The summed E-state index contributed by atoms with van der Waals surface area (Å²) >= 11 is 15.4. The normalized spacial score (nSPS) is 14.6. The van der Waals surface area contributed by atoms with Gasteiger partial charge in [-0.25, -0.2) is 0 Å². The van der Waals surface area contributed by atoms with Gasteiger partial charge in [0, 0.05) is 16.0 Å². The van der Waals surface area contributed by atoms with Gasteiger partial charge in [-0.3, -0.25) is 9.69 Å². The molecule has 1 aliphatic heterocycles. The van der Waals surface area contributed by atoms with Crippen molar-refractivity contribution in [2.24, 2.45) is 0 Å². The van der Waals surface area contributed by atoms with Gasteiger partial charge in [-0.15, -0.1) is 0 Å². The van der Waals surface area contributed by atoms with Crippen molar-refractivity contribution in [3.8, 4) is 11.5 Å². The third-order valence-corrected chi connectivity index (χ3v) is 8.15. The summed E-state index contributed by atoms with van der Waals surface area (Å²) in [5.74, 6) is 1.05. The number of benzene rings is 4. The minimum absolute atomic E-state index is 0.144. The lowest BCUT2D eigenvalue weighted by Crippen LogP contribution is -2.27. The standard InChI is InChI=1S/C28H19ClINO3S2/c1-33-24-14-17(13-22(30)26(24)34-16-19-8-3-5-11-21(19)29)15-25-27(32)31(28(35)36-25)23-12-6-9-18-7-2-4-10-20(18)23/h2-15H,16H2,1H3/b25-15-. The van der Waals surface area contributed by atoms with Gasteiger partial charge < -0.3 is 9.47 Å². The van der Waals surface area contributed by atoms with E-state index in [2.05, 4.69) is 22.6 Å². The van der Waals surface area contributed by atoms with Crippen LogP contribution in [0.3, 0.4) is 0 Å². The lowest BCUT2D eigenvalue weighted by molar-refractivity contribution is -0.113. The Morgan fingerprint density at radius 3 is 2.61 bits per heavy atom. The van der Waals surface area contributed by atoms with Crippen molar-refractivity contribution in [1.29, 1.82) is 0 Å². The van der Waals surface area contributed by atoms with Crippen LogP contribution in [0.2, 0.25) is 5.02 Å². The molecular formula is C28H19ClINO3S2. The maximum Gasteiger partial charge on any atom is 0.270 e. The maximum absolute atomic E-state index is 13.4. The Labute approximate surface area is 237 Å². The topological polar surface area (TPSA) is 38.8 Å². The molecule has 180 valence electrons. The van der Waals surface area contributed by atoms with E-state index in [0.717, 1.165) is 31.2 Å². The first-order chi connectivity index (χ1) is 17.5. The van der Waals surface area contributed by atoms with Gasteiger partial charge in [0.2, 0.25) is 0 Å². The molecule has 0 spiro atoms. The molecule has 0 aromatic heterocycles. The molecule has 4 aromatic carbocycles. The van der Waals surface area contributed by atoms with Gasteiger partial charge in [0.05, 0.1) is 21.3 Å². The summed E-state index contributed by atoms with van der Waals surface area (Å²) in [5, 5.41) is 2.69. The van der Waals surface area contributed by atoms with Crippen molar-refractivity contribution in [3.63, 3.8) is 0 Å². The zero-order valence-electron chi connectivity index (χ0n) is 19.0. The Kier molecular flexibility index (Phi) is 7.52. The molecule has 4 aromatic rings. The zero-order chi connectivity index (χ0) is 25.2. The molecule has 0 radical (unpaired) electrons. The number of rotatable bonds is 6. The van der Waals surface area contributed by atoms with Crippen molar-refractivity contribution in [3.05, 3.63) is 103 Å². The number of hydrogen-bond acceptors (Lipinski definition) is 5. The fourth-order valence-corrected chi connectivity index (χ4v) is 6.21. The third kappa shape index (κ3) is 4.98. The number of fused-ring (bicyclic) bond motifs is 1. The second-order valence-corrected chi connectivity index (χ2v) is 11.2. The number of methoxy groups -OCH3 is 1. The molecule has 0 saturated carbocycles. The minimum atomic E-state index is -0.144. The summed E-state index contributed by atoms with van der Waals surface area (Å²) in [5.41, 5.74) is 2.49. The molecular weight excluding hydrogens is 625 g/mol. The molecule has 8 heteroatoms. The highest BCUT2D eigenvalue weighted by Gasteiger charge is 2.34. The van der Waals surface area contributed by atoms with Crippen LogP contribution in [-0.4, -0.2) is 17.3 Å². The first kappa shape index (κ1) is 25.1. The van der Waals surface area contributed by atoms with E-state index in [9.17, 15) is 4.79 Å². The van der Waals surface area contributed by atoms with E-state index < -0.39 is 0 Å². The van der Waals surface area contributed by atoms with Crippen LogP contribution in [0.1, 0.15) is 11.1 Å². The average molecular weight is 644 g/mol. The van der Waals surface area contributed by atoms with Crippen molar-refractivity contribution < 1.29 is 14.3 Å². The van der Waals surface area contributed by atoms with Gasteiger partial charge in [-0.2, -0.15) is 0 Å². The number of halogens is 2. The van der Waals surface area contributed by atoms with Crippen molar-refractivity contribution in [2.45, 2.75) is 6.61 Å². The molecule has 0 bridgehead atoms. The van der Waals surface area contributed by atoms with E-state index in [0.29, 0.717) is 32.4 Å². The predicted molar refractivity (Wildman–Crippen MR) is 161 cm³/mol. The van der Waals surface area contributed by atoms with Crippen molar-refractivity contribution in [2.75, 3.05) is 12.0 Å². The van der Waals surface area contributed by atoms with Gasteiger partial charge >= 0.3 is 0 Å². The fourth-order valence-electron chi connectivity index (χ4n) is 3.96. The molecule has 0 aliphatic carbocycles. The molecule has 0 unspecified atom stereocenters. The van der Waals surface area contributed by atoms with E-state index in [1.165, 1.54) is 11.8 Å². The first-order valence-corrected chi connectivity index (χ1v) is 13.6. The number of thiocarbonyl (C=S) groups is 1. The highest BCUT2D eigenvalue weighted by Crippen LogP contribution is 2.40. The SMILES string of the molecule is COc1cc(/C=C2\SC(=S)N(c3cccc4ccccc34)C2=O)cc(I)c1OCc1ccccc1Cl. The molecule has 0 N–H and O–H groups in total. The van der Waals surface area contributed by atoms with Gasteiger partial charge in [-0.05, 0) is 63.9 Å². The van der Waals surface area contributed by atoms with Crippen LogP contribution in [0.4, 0.5) is 5.69 Å². The fraction of sp³-hybridized carbons (Fsp3) is 0.0714. The van der Waals surface area contributed by atoms with E-state index >= 15 is 0 Å². The summed E-state index contributed by atoms with van der Waals surface area (Å²) in [6.07, 6.45) is 1.84. The van der Waals surface area contributed by atoms with Crippen LogP contribution in [0.25, 0.3) is 16.8 Å². The molecule has 1 fully saturated rings.